The number of aryl methyl sites for hydroxylation is 1. The first-order valence-corrected chi connectivity index (χ1v) is 8.48. The van der Waals surface area contributed by atoms with E-state index in [0.29, 0.717) is 24.1 Å². The zero-order chi connectivity index (χ0) is 17.1. The second-order valence-corrected chi connectivity index (χ2v) is 6.87. The van der Waals surface area contributed by atoms with Crippen molar-refractivity contribution in [2.75, 3.05) is 19.6 Å². The van der Waals surface area contributed by atoms with Gasteiger partial charge in [-0.2, -0.15) is 5.10 Å². The molecule has 0 saturated carbocycles. The lowest BCUT2D eigenvalue weighted by molar-refractivity contribution is 0.0942. The van der Waals surface area contributed by atoms with Crippen molar-refractivity contribution >= 4 is 5.91 Å². The lowest BCUT2D eigenvalue weighted by atomic mass is 10.1. The highest BCUT2D eigenvalue weighted by Crippen LogP contribution is 2.19. The van der Waals surface area contributed by atoms with Gasteiger partial charge in [0.15, 0.2) is 5.89 Å². The summed E-state index contributed by atoms with van der Waals surface area (Å²) in [6.07, 6.45) is 2.83. The van der Waals surface area contributed by atoms with Crippen LogP contribution in [0.3, 0.4) is 0 Å². The molecule has 7 nitrogen and oxygen atoms in total. The first kappa shape index (κ1) is 16.7. The van der Waals surface area contributed by atoms with Gasteiger partial charge in [-0.3, -0.25) is 14.8 Å². The number of likely N-dealkylation sites (tertiary alicyclic amines) is 1. The van der Waals surface area contributed by atoms with Crippen LogP contribution in [0.2, 0.25) is 0 Å². The van der Waals surface area contributed by atoms with Gasteiger partial charge in [0, 0.05) is 31.2 Å². The highest BCUT2D eigenvalue weighted by molar-refractivity contribution is 5.92. The Kier molecular flexibility index (Phi) is 4.99. The standard InChI is InChI=1S/C17H25N5O2/c1-11(2)17-19-14(10-24-17)9-22-5-4-13(8-22)7-18-16(23)15-6-12(3)20-21-15/h6,10-11,13H,4-5,7-9H2,1-3H3,(H,18,23)(H,20,21)/t13-/m1/s1. The molecule has 24 heavy (non-hydrogen) atoms. The van der Waals surface area contributed by atoms with Crippen molar-refractivity contribution in [3.05, 3.63) is 35.3 Å². The fraction of sp³-hybridized carbons (Fsp3) is 0.588. The molecule has 0 aliphatic carbocycles. The summed E-state index contributed by atoms with van der Waals surface area (Å²) in [6, 6.07) is 1.76. The quantitative estimate of drug-likeness (QED) is 0.846. The molecule has 0 aromatic carbocycles. The van der Waals surface area contributed by atoms with E-state index in [9.17, 15) is 4.79 Å². The molecule has 1 saturated heterocycles. The van der Waals surface area contributed by atoms with E-state index in [4.69, 9.17) is 4.42 Å². The molecule has 1 amide bonds. The van der Waals surface area contributed by atoms with E-state index in [-0.39, 0.29) is 5.91 Å². The maximum atomic E-state index is 12.0. The predicted molar refractivity (Wildman–Crippen MR) is 89.6 cm³/mol. The van der Waals surface area contributed by atoms with Gasteiger partial charge in [0.1, 0.15) is 12.0 Å². The van der Waals surface area contributed by atoms with E-state index >= 15 is 0 Å². The zero-order valence-corrected chi connectivity index (χ0v) is 14.5. The van der Waals surface area contributed by atoms with Crippen molar-refractivity contribution in [2.45, 2.75) is 39.7 Å². The van der Waals surface area contributed by atoms with Crippen LogP contribution in [-0.4, -0.2) is 45.6 Å². The van der Waals surface area contributed by atoms with Gasteiger partial charge in [-0.05, 0) is 31.9 Å². The minimum absolute atomic E-state index is 0.115. The average molecular weight is 331 g/mol. The third-order valence-corrected chi connectivity index (χ3v) is 4.31. The van der Waals surface area contributed by atoms with Gasteiger partial charge in [0.25, 0.3) is 5.91 Å². The summed E-state index contributed by atoms with van der Waals surface area (Å²) < 4.78 is 5.49. The molecule has 0 radical (unpaired) electrons. The van der Waals surface area contributed by atoms with Gasteiger partial charge in [-0.1, -0.05) is 13.8 Å². The number of aromatic amines is 1. The number of hydrogen-bond donors (Lipinski definition) is 2. The summed E-state index contributed by atoms with van der Waals surface area (Å²) in [5.41, 5.74) is 2.32. The van der Waals surface area contributed by atoms with E-state index < -0.39 is 0 Å². The van der Waals surface area contributed by atoms with Crippen LogP contribution in [0.15, 0.2) is 16.7 Å². The molecule has 3 rings (SSSR count). The van der Waals surface area contributed by atoms with Gasteiger partial charge in [0.2, 0.25) is 0 Å². The van der Waals surface area contributed by atoms with Crippen LogP contribution in [-0.2, 0) is 6.54 Å². The number of hydrogen-bond acceptors (Lipinski definition) is 5. The Hall–Kier alpha value is -2.15. The van der Waals surface area contributed by atoms with Gasteiger partial charge >= 0.3 is 0 Å². The molecule has 0 spiro atoms. The van der Waals surface area contributed by atoms with Crippen molar-refractivity contribution < 1.29 is 9.21 Å². The van der Waals surface area contributed by atoms with Gasteiger partial charge < -0.3 is 9.73 Å². The normalized spacial score (nSPS) is 18.4. The number of oxazole rings is 1. The van der Waals surface area contributed by atoms with Crippen LogP contribution in [0, 0.1) is 12.8 Å². The molecule has 2 aromatic rings. The summed E-state index contributed by atoms with van der Waals surface area (Å²) in [5.74, 6) is 1.45. The molecule has 1 aliphatic rings. The lowest BCUT2D eigenvalue weighted by Crippen LogP contribution is -2.31. The van der Waals surface area contributed by atoms with E-state index in [1.54, 1.807) is 12.3 Å². The first-order chi connectivity index (χ1) is 11.5. The topological polar surface area (TPSA) is 87.1 Å². The number of rotatable bonds is 6. The van der Waals surface area contributed by atoms with E-state index in [1.807, 2.05) is 6.92 Å². The number of aromatic nitrogens is 3. The highest BCUT2D eigenvalue weighted by Gasteiger charge is 2.24. The summed E-state index contributed by atoms with van der Waals surface area (Å²) in [5, 5.41) is 9.74. The fourth-order valence-corrected chi connectivity index (χ4v) is 2.97. The number of carbonyl (C=O) groups excluding carboxylic acids is 1. The Labute approximate surface area is 141 Å². The molecule has 0 unspecified atom stereocenters. The second-order valence-electron chi connectivity index (χ2n) is 6.87. The molecule has 2 aromatic heterocycles. The van der Waals surface area contributed by atoms with E-state index in [0.717, 1.165) is 43.3 Å². The van der Waals surface area contributed by atoms with Gasteiger partial charge in [-0.15, -0.1) is 0 Å². The molecule has 3 heterocycles. The fourth-order valence-electron chi connectivity index (χ4n) is 2.97. The van der Waals surface area contributed by atoms with Crippen molar-refractivity contribution in [2.24, 2.45) is 5.92 Å². The number of carbonyl (C=O) groups is 1. The average Bonchev–Trinajstić information content (AvgIpc) is 3.26. The molecule has 1 fully saturated rings. The van der Waals surface area contributed by atoms with Crippen molar-refractivity contribution in [3.63, 3.8) is 0 Å². The van der Waals surface area contributed by atoms with Crippen LogP contribution >= 0.6 is 0 Å². The number of nitrogens with zero attached hydrogens (tertiary/aromatic N) is 3. The van der Waals surface area contributed by atoms with Crippen LogP contribution < -0.4 is 5.32 Å². The molecule has 1 aliphatic heterocycles. The lowest BCUT2D eigenvalue weighted by Gasteiger charge is -2.14. The van der Waals surface area contributed by atoms with Crippen LogP contribution in [0.4, 0.5) is 0 Å². The Balaban J connectivity index is 1.44. The Bertz CT molecular complexity index is 691. The summed E-state index contributed by atoms with van der Waals surface area (Å²) >= 11 is 0. The zero-order valence-electron chi connectivity index (χ0n) is 14.5. The summed E-state index contributed by atoms with van der Waals surface area (Å²) in [7, 11) is 0. The minimum Gasteiger partial charge on any atom is -0.448 e. The maximum Gasteiger partial charge on any atom is 0.271 e. The molecule has 0 bridgehead atoms. The summed E-state index contributed by atoms with van der Waals surface area (Å²) in [4.78, 5) is 18.9. The monoisotopic (exact) mass is 331 g/mol. The van der Waals surface area contributed by atoms with Crippen LogP contribution in [0.5, 0.6) is 0 Å². The molecule has 130 valence electrons. The number of nitrogens with one attached hydrogen (secondary N) is 2. The smallest absolute Gasteiger partial charge is 0.271 e. The summed E-state index contributed by atoms with van der Waals surface area (Å²) in [6.45, 7) is 9.50. The number of H-pyrrole nitrogens is 1. The molecular formula is C17H25N5O2. The molecule has 2 N–H and O–H groups in total. The van der Waals surface area contributed by atoms with Crippen molar-refractivity contribution in [3.8, 4) is 0 Å². The molecule has 7 heteroatoms. The Morgan fingerprint density at radius 2 is 2.38 bits per heavy atom. The van der Waals surface area contributed by atoms with Crippen LogP contribution in [0.25, 0.3) is 0 Å². The highest BCUT2D eigenvalue weighted by atomic mass is 16.3. The third-order valence-electron chi connectivity index (χ3n) is 4.31. The van der Waals surface area contributed by atoms with Crippen molar-refractivity contribution in [1.82, 2.24) is 25.4 Å². The van der Waals surface area contributed by atoms with Crippen LogP contribution in [0.1, 0.15) is 54.0 Å². The van der Waals surface area contributed by atoms with Crippen molar-refractivity contribution in [1.29, 1.82) is 0 Å². The van der Waals surface area contributed by atoms with Gasteiger partial charge in [0.05, 0.1) is 5.69 Å². The Morgan fingerprint density at radius 1 is 1.54 bits per heavy atom. The molecule has 1 atom stereocenters. The van der Waals surface area contributed by atoms with E-state index in [1.165, 1.54) is 0 Å². The van der Waals surface area contributed by atoms with Gasteiger partial charge in [-0.25, -0.2) is 4.98 Å². The third kappa shape index (κ3) is 4.03. The Morgan fingerprint density at radius 3 is 3.04 bits per heavy atom. The maximum absolute atomic E-state index is 12.0. The molecular weight excluding hydrogens is 306 g/mol. The predicted octanol–water partition coefficient (Wildman–Crippen LogP) is 2.08. The minimum atomic E-state index is -0.115. The number of amides is 1. The SMILES string of the molecule is Cc1cc(C(=O)NC[C@H]2CCN(Cc3coc(C(C)C)n3)C2)n[nH]1. The second kappa shape index (κ2) is 7.17. The first-order valence-electron chi connectivity index (χ1n) is 8.48. The van der Waals surface area contributed by atoms with E-state index in [2.05, 4.69) is 39.2 Å². The largest absolute Gasteiger partial charge is 0.448 e.